The Morgan fingerprint density at radius 2 is 2.07 bits per heavy atom. The van der Waals surface area contributed by atoms with Gasteiger partial charge in [0, 0.05) is 30.0 Å². The number of aromatic amines is 1. The highest BCUT2D eigenvalue weighted by Gasteiger charge is 2.10. The lowest BCUT2D eigenvalue weighted by Crippen LogP contribution is -2.05. The summed E-state index contributed by atoms with van der Waals surface area (Å²) >= 11 is 1.62. The zero-order chi connectivity index (χ0) is 18.1. The normalized spacial score (nSPS) is 11.1. The Kier molecular flexibility index (Phi) is 3.87. The molecule has 0 saturated heterocycles. The van der Waals surface area contributed by atoms with Crippen LogP contribution in [0.1, 0.15) is 5.56 Å². The second-order valence-electron chi connectivity index (χ2n) is 6.04. The van der Waals surface area contributed by atoms with Crippen LogP contribution in [0.25, 0.3) is 21.1 Å². The van der Waals surface area contributed by atoms with Crippen LogP contribution in [0, 0.1) is 0 Å². The van der Waals surface area contributed by atoms with E-state index in [0.717, 1.165) is 38.2 Å². The molecule has 0 atom stereocenters. The summed E-state index contributed by atoms with van der Waals surface area (Å²) in [6.45, 7) is 0.615. The lowest BCUT2D eigenvalue weighted by Gasteiger charge is -2.10. The van der Waals surface area contributed by atoms with Crippen LogP contribution in [0.3, 0.4) is 0 Å². The largest absolute Gasteiger partial charge is 0.350 e. The standard InChI is InChI=1S/C19H15N7S/c1-2-12(9-20-6-1)10-21-19-24-16-5-7-27-17(16)18(25-19)23-14-3-4-15-13(8-14)11-22-26-15/h1-9,11H,10H2,(H,22,26)(H2,21,23,24,25). The summed E-state index contributed by atoms with van der Waals surface area (Å²) in [6.07, 6.45) is 5.40. The third-order valence-corrected chi connectivity index (χ3v) is 5.09. The van der Waals surface area contributed by atoms with E-state index in [9.17, 15) is 0 Å². The molecule has 0 aliphatic rings. The van der Waals surface area contributed by atoms with Crippen molar-refractivity contribution in [2.75, 3.05) is 10.6 Å². The van der Waals surface area contributed by atoms with Gasteiger partial charge in [-0.05, 0) is 41.3 Å². The molecule has 4 heterocycles. The molecule has 0 unspecified atom stereocenters. The second-order valence-corrected chi connectivity index (χ2v) is 6.96. The molecule has 0 radical (unpaired) electrons. The maximum Gasteiger partial charge on any atom is 0.225 e. The van der Waals surface area contributed by atoms with Gasteiger partial charge in [0.05, 0.1) is 21.9 Å². The molecule has 4 aromatic heterocycles. The van der Waals surface area contributed by atoms with Gasteiger partial charge < -0.3 is 10.6 Å². The fourth-order valence-corrected chi connectivity index (χ4v) is 3.64. The molecule has 0 aliphatic heterocycles. The predicted molar refractivity (Wildman–Crippen MR) is 108 cm³/mol. The maximum atomic E-state index is 4.68. The molecule has 7 nitrogen and oxygen atoms in total. The zero-order valence-corrected chi connectivity index (χ0v) is 15.0. The van der Waals surface area contributed by atoms with Gasteiger partial charge in [0.15, 0.2) is 5.82 Å². The van der Waals surface area contributed by atoms with Gasteiger partial charge in [-0.2, -0.15) is 10.1 Å². The molecular weight excluding hydrogens is 358 g/mol. The van der Waals surface area contributed by atoms with Crippen molar-refractivity contribution in [3.8, 4) is 0 Å². The van der Waals surface area contributed by atoms with Crippen LogP contribution < -0.4 is 10.6 Å². The minimum atomic E-state index is 0.580. The molecule has 132 valence electrons. The molecule has 5 rings (SSSR count). The number of anilines is 3. The summed E-state index contributed by atoms with van der Waals surface area (Å²) in [5.41, 5.74) is 3.95. The van der Waals surface area contributed by atoms with E-state index in [1.54, 1.807) is 17.5 Å². The molecule has 0 bridgehead atoms. The molecule has 0 fully saturated rings. The van der Waals surface area contributed by atoms with Crippen molar-refractivity contribution in [3.63, 3.8) is 0 Å². The molecular formula is C19H15N7S. The number of fused-ring (bicyclic) bond motifs is 2. The molecule has 3 N–H and O–H groups in total. The SMILES string of the molecule is c1cncc(CNc2nc(Nc3ccc4[nH]ncc4c3)c3sccc3n2)c1. The number of hydrogen-bond acceptors (Lipinski definition) is 7. The molecule has 27 heavy (non-hydrogen) atoms. The smallest absolute Gasteiger partial charge is 0.225 e. The van der Waals surface area contributed by atoms with Gasteiger partial charge in [0.1, 0.15) is 0 Å². The first kappa shape index (κ1) is 15.7. The van der Waals surface area contributed by atoms with Crippen molar-refractivity contribution < 1.29 is 0 Å². The van der Waals surface area contributed by atoms with Crippen LogP contribution in [0.2, 0.25) is 0 Å². The third kappa shape index (κ3) is 3.18. The van der Waals surface area contributed by atoms with E-state index in [0.29, 0.717) is 12.5 Å². The van der Waals surface area contributed by atoms with Gasteiger partial charge in [-0.1, -0.05) is 6.07 Å². The van der Waals surface area contributed by atoms with E-state index in [1.807, 2.05) is 54.2 Å². The Bertz CT molecular complexity index is 1210. The summed E-state index contributed by atoms with van der Waals surface area (Å²) in [5, 5.41) is 16.8. The van der Waals surface area contributed by atoms with Crippen LogP contribution in [0.5, 0.6) is 0 Å². The van der Waals surface area contributed by atoms with Crippen molar-refractivity contribution in [1.82, 2.24) is 25.1 Å². The Hall–Kier alpha value is -3.52. The average molecular weight is 373 g/mol. The van der Waals surface area contributed by atoms with E-state index in [-0.39, 0.29) is 0 Å². The van der Waals surface area contributed by atoms with Crippen molar-refractivity contribution in [2.45, 2.75) is 6.54 Å². The van der Waals surface area contributed by atoms with Gasteiger partial charge in [-0.15, -0.1) is 11.3 Å². The minimum Gasteiger partial charge on any atom is -0.350 e. The number of pyridine rings is 1. The Balaban J connectivity index is 1.46. The van der Waals surface area contributed by atoms with E-state index in [2.05, 4.69) is 35.8 Å². The first-order valence-electron chi connectivity index (χ1n) is 8.43. The molecule has 0 amide bonds. The van der Waals surface area contributed by atoms with Crippen molar-refractivity contribution in [3.05, 3.63) is 65.9 Å². The number of rotatable bonds is 5. The summed E-state index contributed by atoms with van der Waals surface area (Å²) in [6, 6.07) is 12.0. The Labute approximate surface area is 158 Å². The highest BCUT2D eigenvalue weighted by atomic mass is 32.1. The van der Waals surface area contributed by atoms with Crippen LogP contribution in [0.4, 0.5) is 17.5 Å². The number of nitrogens with one attached hydrogen (secondary N) is 3. The zero-order valence-electron chi connectivity index (χ0n) is 14.2. The molecule has 0 spiro atoms. The number of thiophene rings is 1. The molecule has 0 saturated carbocycles. The fourth-order valence-electron chi connectivity index (χ4n) is 2.87. The van der Waals surface area contributed by atoms with Gasteiger partial charge in [-0.3, -0.25) is 10.1 Å². The van der Waals surface area contributed by atoms with E-state index in [1.165, 1.54) is 0 Å². The Morgan fingerprint density at radius 3 is 3.00 bits per heavy atom. The molecule has 8 heteroatoms. The van der Waals surface area contributed by atoms with Crippen molar-refractivity contribution >= 4 is 49.9 Å². The van der Waals surface area contributed by atoms with Gasteiger partial charge in [0.2, 0.25) is 5.95 Å². The number of H-pyrrole nitrogens is 1. The quantitative estimate of drug-likeness (QED) is 0.425. The Morgan fingerprint density at radius 1 is 1.07 bits per heavy atom. The van der Waals surface area contributed by atoms with Crippen molar-refractivity contribution in [1.29, 1.82) is 0 Å². The fraction of sp³-hybridized carbons (Fsp3) is 0.0526. The van der Waals surface area contributed by atoms with Gasteiger partial charge >= 0.3 is 0 Å². The van der Waals surface area contributed by atoms with Gasteiger partial charge in [0.25, 0.3) is 0 Å². The van der Waals surface area contributed by atoms with Gasteiger partial charge in [-0.25, -0.2) is 4.98 Å². The summed E-state index contributed by atoms with van der Waals surface area (Å²) in [4.78, 5) is 13.4. The predicted octanol–water partition coefficient (Wildman–Crippen LogP) is 4.32. The lowest BCUT2D eigenvalue weighted by molar-refractivity contribution is 1.06. The van der Waals surface area contributed by atoms with Crippen LogP contribution in [0.15, 0.2) is 60.4 Å². The first-order chi connectivity index (χ1) is 13.3. The number of nitrogens with zero attached hydrogens (tertiary/aromatic N) is 4. The second kappa shape index (κ2) is 6.65. The number of aromatic nitrogens is 5. The number of benzene rings is 1. The minimum absolute atomic E-state index is 0.580. The van der Waals surface area contributed by atoms with Crippen LogP contribution in [-0.4, -0.2) is 25.1 Å². The monoisotopic (exact) mass is 373 g/mol. The highest BCUT2D eigenvalue weighted by molar-refractivity contribution is 7.17. The van der Waals surface area contributed by atoms with Crippen LogP contribution >= 0.6 is 11.3 Å². The summed E-state index contributed by atoms with van der Waals surface area (Å²) in [7, 11) is 0. The van der Waals surface area contributed by atoms with E-state index in [4.69, 9.17) is 0 Å². The molecule has 1 aromatic carbocycles. The lowest BCUT2D eigenvalue weighted by atomic mass is 10.2. The van der Waals surface area contributed by atoms with E-state index < -0.39 is 0 Å². The van der Waals surface area contributed by atoms with E-state index >= 15 is 0 Å². The number of hydrogen-bond donors (Lipinski definition) is 3. The van der Waals surface area contributed by atoms with Crippen molar-refractivity contribution in [2.24, 2.45) is 0 Å². The molecule has 5 aromatic rings. The summed E-state index contributed by atoms with van der Waals surface area (Å²) in [5.74, 6) is 1.36. The molecule has 0 aliphatic carbocycles. The first-order valence-corrected chi connectivity index (χ1v) is 9.31. The third-order valence-electron chi connectivity index (χ3n) is 4.18. The average Bonchev–Trinajstić information content (AvgIpc) is 3.36. The summed E-state index contributed by atoms with van der Waals surface area (Å²) < 4.78 is 1.02. The maximum absolute atomic E-state index is 4.68. The highest BCUT2D eigenvalue weighted by Crippen LogP contribution is 2.30. The topological polar surface area (TPSA) is 91.4 Å². The van der Waals surface area contributed by atoms with Crippen LogP contribution in [-0.2, 0) is 6.54 Å².